The molecule has 3 heterocycles. The van der Waals surface area contributed by atoms with Crippen LogP contribution in [0.1, 0.15) is 22.0 Å². The molecule has 0 saturated carbocycles. The van der Waals surface area contributed by atoms with E-state index >= 15 is 8.78 Å². The number of aromatic nitrogens is 5. The molecule has 0 atom stereocenters. The van der Waals surface area contributed by atoms with Crippen molar-refractivity contribution in [3.63, 3.8) is 0 Å². The Morgan fingerprint density at radius 3 is 2.55 bits per heavy atom. The van der Waals surface area contributed by atoms with E-state index in [1.807, 2.05) is 12.1 Å². The van der Waals surface area contributed by atoms with Crippen LogP contribution in [0.4, 0.5) is 8.78 Å². The molecule has 1 aromatic carbocycles. The zero-order valence-electron chi connectivity index (χ0n) is 18.3. The summed E-state index contributed by atoms with van der Waals surface area (Å²) in [4.78, 5) is 19.7. The van der Waals surface area contributed by atoms with Gasteiger partial charge in [-0.2, -0.15) is 5.10 Å². The standard InChI is InChI=1S/C23H22F2N6O2/c1-13-17(12-31(29-13)10-9-14-5-4-6-19(28-14)33-3)15-7-8-16(21(25)20(15)24)18-11-27-23(22(26)32)30(18)2/h4-8,11-12H,9-10H2,1-3H3,(H2,26,32). The third-order valence-electron chi connectivity index (χ3n) is 5.39. The van der Waals surface area contributed by atoms with Gasteiger partial charge in [-0.1, -0.05) is 12.1 Å². The second-order valence-corrected chi connectivity index (χ2v) is 7.49. The SMILES string of the molecule is COc1cccc(CCn2cc(-c3ccc(-c4cnc(C(N)=O)n4C)c(F)c3F)c(C)n2)n1. The smallest absolute Gasteiger partial charge is 0.284 e. The number of methoxy groups -OCH3 is 1. The first kappa shape index (κ1) is 22.1. The van der Waals surface area contributed by atoms with Crippen LogP contribution in [0.15, 0.2) is 42.7 Å². The fourth-order valence-corrected chi connectivity index (χ4v) is 3.68. The molecule has 0 radical (unpaired) electrons. The first-order valence-electron chi connectivity index (χ1n) is 10.1. The number of hydrogen-bond donors (Lipinski definition) is 1. The Bertz CT molecular complexity index is 1340. The average molecular weight is 452 g/mol. The fraction of sp³-hybridized carbons (Fsp3) is 0.217. The topological polar surface area (TPSA) is 101 Å². The minimum Gasteiger partial charge on any atom is -0.481 e. The maximum Gasteiger partial charge on any atom is 0.284 e. The molecule has 0 unspecified atom stereocenters. The second-order valence-electron chi connectivity index (χ2n) is 7.49. The summed E-state index contributed by atoms with van der Waals surface area (Å²) in [6, 6.07) is 8.45. The highest BCUT2D eigenvalue weighted by Crippen LogP contribution is 2.32. The normalized spacial score (nSPS) is 11.1. The number of nitrogens with zero attached hydrogens (tertiary/aromatic N) is 5. The van der Waals surface area contributed by atoms with E-state index in [0.29, 0.717) is 30.1 Å². The highest BCUT2D eigenvalue weighted by atomic mass is 19.2. The molecule has 10 heteroatoms. The zero-order valence-corrected chi connectivity index (χ0v) is 18.3. The van der Waals surface area contributed by atoms with Gasteiger partial charge in [0.25, 0.3) is 5.91 Å². The summed E-state index contributed by atoms with van der Waals surface area (Å²) in [6.07, 6.45) is 3.56. The summed E-state index contributed by atoms with van der Waals surface area (Å²) in [7, 11) is 3.07. The van der Waals surface area contributed by atoms with Crippen LogP contribution in [0.25, 0.3) is 22.4 Å². The number of hydrogen-bond acceptors (Lipinski definition) is 5. The van der Waals surface area contributed by atoms with Crippen molar-refractivity contribution in [2.75, 3.05) is 7.11 Å². The molecule has 4 aromatic rings. The van der Waals surface area contributed by atoms with Gasteiger partial charge in [-0.05, 0) is 19.1 Å². The lowest BCUT2D eigenvalue weighted by molar-refractivity contribution is 0.0987. The average Bonchev–Trinajstić information content (AvgIpc) is 3.36. The molecule has 33 heavy (non-hydrogen) atoms. The van der Waals surface area contributed by atoms with Crippen molar-refractivity contribution in [2.24, 2.45) is 12.8 Å². The molecule has 0 aliphatic carbocycles. The van der Waals surface area contributed by atoms with E-state index in [1.54, 1.807) is 31.0 Å². The number of benzene rings is 1. The number of ether oxygens (including phenoxy) is 1. The number of imidazole rings is 1. The number of halogens is 2. The Morgan fingerprint density at radius 1 is 1.12 bits per heavy atom. The van der Waals surface area contributed by atoms with Gasteiger partial charge in [-0.3, -0.25) is 9.48 Å². The molecule has 3 aromatic heterocycles. The van der Waals surface area contributed by atoms with E-state index in [-0.39, 0.29) is 22.6 Å². The van der Waals surface area contributed by atoms with Gasteiger partial charge in [0, 0.05) is 54.7 Å². The summed E-state index contributed by atoms with van der Waals surface area (Å²) in [5.41, 5.74) is 7.46. The van der Waals surface area contributed by atoms with E-state index < -0.39 is 17.5 Å². The highest BCUT2D eigenvalue weighted by Gasteiger charge is 2.22. The molecule has 2 N–H and O–H groups in total. The molecule has 0 spiro atoms. The predicted octanol–water partition coefficient (Wildman–Crippen LogP) is 3.28. The lowest BCUT2D eigenvalue weighted by Crippen LogP contribution is -2.17. The molecule has 0 aliphatic rings. The van der Waals surface area contributed by atoms with E-state index in [9.17, 15) is 4.79 Å². The lowest BCUT2D eigenvalue weighted by atomic mass is 10.0. The Kier molecular flexibility index (Phi) is 5.91. The highest BCUT2D eigenvalue weighted by molar-refractivity contribution is 5.90. The van der Waals surface area contributed by atoms with E-state index in [4.69, 9.17) is 10.5 Å². The molecule has 0 fully saturated rings. The third-order valence-corrected chi connectivity index (χ3v) is 5.39. The number of carbonyl (C=O) groups is 1. The van der Waals surface area contributed by atoms with Crippen molar-refractivity contribution in [2.45, 2.75) is 19.9 Å². The quantitative estimate of drug-likeness (QED) is 0.464. The summed E-state index contributed by atoms with van der Waals surface area (Å²) in [5, 5.41) is 4.44. The largest absolute Gasteiger partial charge is 0.481 e. The van der Waals surface area contributed by atoms with Crippen LogP contribution in [0.2, 0.25) is 0 Å². The minimum atomic E-state index is -1.04. The van der Waals surface area contributed by atoms with Crippen molar-refractivity contribution in [3.05, 3.63) is 71.6 Å². The molecule has 8 nitrogen and oxygen atoms in total. The molecule has 0 saturated heterocycles. The van der Waals surface area contributed by atoms with Gasteiger partial charge in [0.1, 0.15) is 0 Å². The summed E-state index contributed by atoms with van der Waals surface area (Å²) >= 11 is 0. The number of nitrogens with two attached hydrogens (primary N) is 1. The maximum atomic E-state index is 15.1. The summed E-state index contributed by atoms with van der Waals surface area (Å²) in [6.45, 7) is 2.25. The van der Waals surface area contributed by atoms with Gasteiger partial charge in [0.05, 0.1) is 24.7 Å². The number of carbonyl (C=O) groups excluding carboxylic acids is 1. The molecular formula is C23H22F2N6O2. The van der Waals surface area contributed by atoms with Crippen LogP contribution in [-0.4, -0.2) is 37.3 Å². The van der Waals surface area contributed by atoms with E-state index in [0.717, 1.165) is 5.69 Å². The summed E-state index contributed by atoms with van der Waals surface area (Å²) < 4.78 is 38.3. The van der Waals surface area contributed by atoms with Crippen molar-refractivity contribution in [1.82, 2.24) is 24.3 Å². The molecule has 0 bridgehead atoms. The van der Waals surface area contributed by atoms with Crippen molar-refractivity contribution >= 4 is 5.91 Å². The number of pyridine rings is 1. The van der Waals surface area contributed by atoms with Crippen molar-refractivity contribution in [3.8, 4) is 28.3 Å². The number of rotatable bonds is 7. The van der Waals surface area contributed by atoms with Crippen molar-refractivity contribution in [1.29, 1.82) is 0 Å². The Hall–Kier alpha value is -4.08. The van der Waals surface area contributed by atoms with Gasteiger partial charge in [-0.15, -0.1) is 0 Å². The van der Waals surface area contributed by atoms with Gasteiger partial charge in [0.15, 0.2) is 17.5 Å². The summed E-state index contributed by atoms with van der Waals surface area (Å²) in [5.74, 6) is -2.32. The molecule has 0 aliphatic heterocycles. The predicted molar refractivity (Wildman–Crippen MR) is 118 cm³/mol. The van der Waals surface area contributed by atoms with Crippen molar-refractivity contribution < 1.29 is 18.3 Å². The number of aryl methyl sites for hydroxylation is 3. The monoisotopic (exact) mass is 452 g/mol. The second kappa shape index (κ2) is 8.81. The van der Waals surface area contributed by atoms with E-state index in [2.05, 4.69) is 15.1 Å². The molecular weight excluding hydrogens is 430 g/mol. The fourth-order valence-electron chi connectivity index (χ4n) is 3.68. The number of amides is 1. The number of primary amides is 1. The van der Waals surface area contributed by atoms with Gasteiger partial charge >= 0.3 is 0 Å². The van der Waals surface area contributed by atoms with Crippen LogP contribution >= 0.6 is 0 Å². The van der Waals surface area contributed by atoms with Gasteiger partial charge in [-0.25, -0.2) is 18.7 Å². The molecule has 1 amide bonds. The Labute approximate surface area is 188 Å². The van der Waals surface area contributed by atoms with Crippen LogP contribution in [0.5, 0.6) is 5.88 Å². The van der Waals surface area contributed by atoms with Crippen LogP contribution in [0.3, 0.4) is 0 Å². The van der Waals surface area contributed by atoms with Crippen LogP contribution < -0.4 is 10.5 Å². The third kappa shape index (κ3) is 4.19. The Balaban J connectivity index is 1.61. The Morgan fingerprint density at radius 2 is 1.85 bits per heavy atom. The lowest BCUT2D eigenvalue weighted by Gasteiger charge is -2.09. The van der Waals surface area contributed by atoms with Gasteiger partial charge in [0.2, 0.25) is 5.88 Å². The van der Waals surface area contributed by atoms with Crippen LogP contribution in [0, 0.1) is 18.6 Å². The molecule has 4 rings (SSSR count). The van der Waals surface area contributed by atoms with Gasteiger partial charge < -0.3 is 15.0 Å². The molecule has 170 valence electrons. The minimum absolute atomic E-state index is 0.0205. The maximum absolute atomic E-state index is 15.1. The van der Waals surface area contributed by atoms with E-state index in [1.165, 1.54) is 29.9 Å². The first-order valence-corrected chi connectivity index (χ1v) is 10.1. The first-order chi connectivity index (χ1) is 15.8. The van der Waals surface area contributed by atoms with Crippen LogP contribution in [-0.2, 0) is 20.0 Å². The zero-order chi connectivity index (χ0) is 23.7.